The standard InChI is InChI=1S/C26H32N4O9/c1-5-8-29(30(38)39-4)11-12-6-7-16(31)18-14(12)9-13-10-15-20(28(2)3)22(33)19(25(27)36)24(35)26(15,37)23(34)17(13)21(18)32/h5-7,13,15,20,31-32,35,37-38H,1,8-11H2,2-4H3,(H2,27,36)/t13-,15-,20-,26-/m0/s1. The van der Waals surface area contributed by atoms with E-state index >= 15 is 0 Å². The summed E-state index contributed by atoms with van der Waals surface area (Å²) in [6, 6.07) is 1.76. The summed E-state index contributed by atoms with van der Waals surface area (Å²) in [5.74, 6) is -7.14. The lowest BCUT2D eigenvalue weighted by Crippen LogP contribution is -2.65. The van der Waals surface area contributed by atoms with E-state index in [1.807, 2.05) is 0 Å². The van der Waals surface area contributed by atoms with Crippen molar-refractivity contribution in [3.63, 3.8) is 0 Å². The number of aromatic hydroxyl groups is 1. The van der Waals surface area contributed by atoms with Crippen LogP contribution in [0.4, 0.5) is 0 Å². The highest BCUT2D eigenvalue weighted by molar-refractivity contribution is 6.24. The van der Waals surface area contributed by atoms with Gasteiger partial charge in [0.05, 0.1) is 18.7 Å². The van der Waals surface area contributed by atoms with Crippen LogP contribution in [-0.4, -0.2) is 97.7 Å². The number of aliphatic hydroxyl groups is 3. The van der Waals surface area contributed by atoms with Crippen LogP contribution in [0.3, 0.4) is 0 Å². The van der Waals surface area contributed by atoms with E-state index in [4.69, 9.17) is 10.6 Å². The van der Waals surface area contributed by atoms with Crippen molar-refractivity contribution in [1.82, 2.24) is 15.2 Å². The molecule has 1 aromatic rings. The Labute approximate surface area is 224 Å². The van der Waals surface area contributed by atoms with Gasteiger partial charge in [-0.15, -0.1) is 6.58 Å². The first-order valence-electron chi connectivity index (χ1n) is 12.2. The van der Waals surface area contributed by atoms with Gasteiger partial charge in [-0.3, -0.25) is 29.3 Å². The van der Waals surface area contributed by atoms with Gasteiger partial charge in [-0.05, 0) is 50.0 Å². The van der Waals surface area contributed by atoms with Gasteiger partial charge in [0.25, 0.3) is 5.91 Å². The maximum atomic E-state index is 13.9. The number of Topliss-reactive ketones (excluding diaryl/α,β-unsaturated/α-hetero) is 2. The number of phenolic OH excluding ortho intramolecular Hbond substituents is 1. The van der Waals surface area contributed by atoms with Crippen molar-refractivity contribution in [3.05, 3.63) is 58.4 Å². The molecule has 13 heteroatoms. The van der Waals surface area contributed by atoms with E-state index in [0.717, 1.165) is 0 Å². The second-order valence-electron chi connectivity index (χ2n) is 10.1. The fraction of sp³-hybridized carbons (Fsp3) is 0.423. The monoisotopic (exact) mass is 544 g/mol. The Balaban J connectivity index is 1.89. The van der Waals surface area contributed by atoms with Crippen LogP contribution >= 0.6 is 0 Å². The highest BCUT2D eigenvalue weighted by Crippen LogP contribution is 2.53. The Bertz CT molecular complexity index is 1320. The number of carbonyl (C=O) groups is 3. The van der Waals surface area contributed by atoms with Crippen LogP contribution in [0.1, 0.15) is 23.1 Å². The Morgan fingerprint density at radius 3 is 2.49 bits per heavy atom. The van der Waals surface area contributed by atoms with E-state index in [1.165, 1.54) is 43.3 Å². The summed E-state index contributed by atoms with van der Waals surface area (Å²) in [6.07, 6.45) is 1.63. The number of primary amides is 1. The minimum Gasteiger partial charge on any atom is -0.508 e. The summed E-state index contributed by atoms with van der Waals surface area (Å²) in [6.45, 7) is 3.92. The van der Waals surface area contributed by atoms with Gasteiger partial charge >= 0.3 is 0 Å². The predicted octanol–water partition coefficient (Wildman–Crippen LogP) is 0.120. The molecule has 0 unspecified atom stereocenters. The number of ketones is 2. The largest absolute Gasteiger partial charge is 0.508 e. The zero-order chi connectivity index (χ0) is 29.0. The molecule has 1 saturated carbocycles. The molecule has 4 atom stereocenters. The van der Waals surface area contributed by atoms with Gasteiger partial charge in [0.15, 0.2) is 11.4 Å². The molecule has 4 rings (SSSR count). The minimum absolute atomic E-state index is 0.0264. The van der Waals surface area contributed by atoms with E-state index in [2.05, 4.69) is 6.58 Å². The average molecular weight is 545 g/mol. The lowest BCUT2D eigenvalue weighted by atomic mass is 9.57. The summed E-state index contributed by atoms with van der Waals surface area (Å²) < 4.78 is 0. The predicted molar refractivity (Wildman–Crippen MR) is 135 cm³/mol. The third-order valence-electron chi connectivity index (χ3n) is 7.80. The summed E-state index contributed by atoms with van der Waals surface area (Å²) in [5.41, 5.74) is 2.57. The van der Waals surface area contributed by atoms with Gasteiger partial charge in [-0.25, -0.2) is 0 Å². The topological polar surface area (TPSA) is 197 Å². The Kier molecular flexibility index (Phi) is 7.42. The van der Waals surface area contributed by atoms with Crippen molar-refractivity contribution >= 4 is 23.2 Å². The second kappa shape index (κ2) is 10.2. The summed E-state index contributed by atoms with van der Waals surface area (Å²) in [4.78, 5) is 45.4. The number of nitrogens with zero attached hydrogens (tertiary/aromatic N) is 3. The molecule has 13 nitrogen and oxygen atoms in total. The number of fused-ring (bicyclic) bond motifs is 3. The number of hydrazine groups is 1. The molecule has 3 aliphatic carbocycles. The lowest BCUT2D eigenvalue weighted by molar-refractivity contribution is -0.432. The number of carbonyl (C=O) groups excluding carboxylic acids is 3. The van der Waals surface area contributed by atoms with Crippen molar-refractivity contribution in [1.29, 1.82) is 0 Å². The molecule has 0 aromatic heterocycles. The van der Waals surface area contributed by atoms with Gasteiger partial charge in [-0.2, -0.15) is 5.01 Å². The molecular formula is C26H32N4O9. The summed E-state index contributed by atoms with van der Waals surface area (Å²) in [7, 11) is 4.33. The quantitative estimate of drug-likeness (QED) is 0.147. The van der Waals surface area contributed by atoms with Crippen molar-refractivity contribution in [2.45, 2.75) is 31.0 Å². The van der Waals surface area contributed by atoms with Crippen LogP contribution in [0.25, 0.3) is 5.76 Å². The molecule has 1 amide bonds. The fourth-order valence-electron chi connectivity index (χ4n) is 6.11. The number of rotatable bonds is 8. The fourth-order valence-corrected chi connectivity index (χ4v) is 6.11. The number of amides is 1. The van der Waals surface area contributed by atoms with E-state index in [1.54, 1.807) is 6.07 Å². The zero-order valence-corrected chi connectivity index (χ0v) is 21.8. The Morgan fingerprint density at radius 2 is 1.92 bits per heavy atom. The van der Waals surface area contributed by atoms with Crippen LogP contribution in [-0.2, 0) is 32.2 Å². The number of benzene rings is 1. The molecule has 0 aliphatic heterocycles. The van der Waals surface area contributed by atoms with Crippen molar-refractivity contribution in [3.8, 4) is 5.75 Å². The van der Waals surface area contributed by atoms with Crippen molar-refractivity contribution in [2.24, 2.45) is 17.6 Å². The smallest absolute Gasteiger partial charge is 0.255 e. The summed E-state index contributed by atoms with van der Waals surface area (Å²) >= 11 is 0. The molecule has 1 fully saturated rings. The molecule has 0 bridgehead atoms. The first-order valence-corrected chi connectivity index (χ1v) is 12.2. The van der Waals surface area contributed by atoms with Gasteiger partial charge < -0.3 is 26.2 Å². The molecule has 39 heavy (non-hydrogen) atoms. The highest BCUT2D eigenvalue weighted by Gasteiger charge is 2.64. The Hall–Kier alpha value is -3.59. The molecule has 210 valence electrons. The second-order valence-corrected chi connectivity index (χ2v) is 10.1. The van der Waals surface area contributed by atoms with E-state index < -0.39 is 58.0 Å². The molecule has 0 spiro atoms. The maximum absolute atomic E-state index is 13.9. The molecular weight excluding hydrogens is 512 g/mol. The number of hydrogen-bond donors (Lipinski definition) is 6. The molecule has 0 radical (unpaired) electrons. The van der Waals surface area contributed by atoms with Gasteiger partial charge in [0, 0.05) is 29.9 Å². The molecule has 3 aliphatic rings. The van der Waals surface area contributed by atoms with E-state index in [-0.39, 0.29) is 42.8 Å². The first-order chi connectivity index (χ1) is 18.3. The van der Waals surface area contributed by atoms with Crippen LogP contribution in [0, 0.1) is 11.8 Å². The summed E-state index contributed by atoms with van der Waals surface area (Å²) in [5, 5.41) is 56.6. The van der Waals surface area contributed by atoms with Gasteiger partial charge in [0.1, 0.15) is 22.8 Å². The van der Waals surface area contributed by atoms with E-state index in [0.29, 0.717) is 16.5 Å². The molecule has 7 N–H and O–H groups in total. The number of phenols is 1. The zero-order valence-electron chi connectivity index (χ0n) is 21.8. The van der Waals surface area contributed by atoms with Crippen LogP contribution < -0.4 is 5.73 Å². The first kappa shape index (κ1) is 28.4. The number of aliphatic hydroxyl groups excluding tert-OH is 2. The van der Waals surface area contributed by atoms with E-state index in [9.17, 15) is 40.0 Å². The maximum Gasteiger partial charge on any atom is 0.255 e. The number of likely N-dealkylation sites (N-methyl/N-ethyl adjacent to an activating group) is 1. The molecule has 1 aromatic carbocycles. The minimum atomic E-state index is -2.70. The van der Waals surface area contributed by atoms with Crippen LogP contribution in [0.5, 0.6) is 5.75 Å². The number of hydrogen-bond acceptors (Lipinski definition) is 12. The molecule has 0 saturated heterocycles. The normalized spacial score (nSPS) is 26.7. The third-order valence-corrected chi connectivity index (χ3v) is 7.80. The third kappa shape index (κ3) is 4.23. The van der Waals surface area contributed by atoms with Gasteiger partial charge in [-0.1, -0.05) is 12.1 Å². The average Bonchev–Trinajstić information content (AvgIpc) is 2.86. The number of nitrogens with two attached hydrogens (primary N) is 1. The lowest BCUT2D eigenvalue weighted by Gasteiger charge is -2.50. The van der Waals surface area contributed by atoms with Gasteiger partial charge in [0.2, 0.25) is 5.78 Å². The van der Waals surface area contributed by atoms with Crippen LogP contribution in [0.2, 0.25) is 0 Å². The van der Waals surface area contributed by atoms with Crippen molar-refractivity contribution in [2.75, 3.05) is 27.7 Å². The SMILES string of the molecule is C=CCN(Cc1ccc(O)c2c1C[C@H]1C[C@H]3[C@H](N(C)C)C(=O)C(C(N)=O)=C(O)[C@@]3(O)C(=O)C1=C2O)N(O)OC. The highest BCUT2D eigenvalue weighted by atomic mass is 16.9. The molecule has 0 heterocycles. The van der Waals surface area contributed by atoms with Crippen LogP contribution in [0.15, 0.2) is 41.7 Å². The Morgan fingerprint density at radius 1 is 1.26 bits per heavy atom. The van der Waals surface area contributed by atoms with Crippen molar-refractivity contribution < 1.29 is 44.9 Å².